The average Bonchev–Trinajstić information content (AvgIpc) is 2.17. The third-order valence-corrected chi connectivity index (χ3v) is 2.91. The maximum atomic E-state index is 6.08. The summed E-state index contributed by atoms with van der Waals surface area (Å²) in [7, 11) is 0. The molecule has 15 heavy (non-hydrogen) atoms. The van der Waals surface area contributed by atoms with Gasteiger partial charge in [-0.15, -0.1) is 0 Å². The Labute approximate surface area is 102 Å². The highest BCUT2D eigenvalue weighted by molar-refractivity contribution is 9.10. The molecule has 0 radical (unpaired) electrons. The molecular weight excluding hydrogens is 275 g/mol. The molecule has 78 valence electrons. The van der Waals surface area contributed by atoms with Crippen LogP contribution in [-0.2, 0) is 6.42 Å². The number of aryl methyl sites for hydroxylation is 1. The second-order valence-electron chi connectivity index (χ2n) is 3.34. The number of nitrogens with zero attached hydrogens (tertiary/aromatic N) is 2. The lowest BCUT2D eigenvalue weighted by atomic mass is 10.2. The Morgan fingerprint density at radius 2 is 2.13 bits per heavy atom. The Hall–Kier alpha value is -0.670. The van der Waals surface area contributed by atoms with E-state index in [2.05, 4.69) is 32.8 Å². The van der Waals surface area contributed by atoms with Gasteiger partial charge in [0.25, 0.3) is 0 Å². The molecular formula is C11H10BrClN2. The van der Waals surface area contributed by atoms with E-state index in [1.807, 2.05) is 18.2 Å². The number of rotatable bonds is 2. The molecule has 0 unspecified atom stereocenters. The van der Waals surface area contributed by atoms with Gasteiger partial charge in [0, 0.05) is 16.3 Å². The van der Waals surface area contributed by atoms with Crippen LogP contribution in [0.25, 0.3) is 10.9 Å². The first-order valence-corrected chi connectivity index (χ1v) is 5.99. The number of hydrogen-bond acceptors (Lipinski definition) is 2. The minimum absolute atomic E-state index is 0.538. The van der Waals surface area contributed by atoms with Crippen molar-refractivity contribution in [3.63, 3.8) is 0 Å². The van der Waals surface area contributed by atoms with Crippen LogP contribution in [0.1, 0.15) is 19.2 Å². The quantitative estimate of drug-likeness (QED) is 0.780. The molecule has 0 saturated heterocycles. The molecule has 0 bridgehead atoms. The Morgan fingerprint density at radius 1 is 1.33 bits per heavy atom. The molecule has 2 rings (SSSR count). The van der Waals surface area contributed by atoms with E-state index >= 15 is 0 Å². The topological polar surface area (TPSA) is 25.8 Å². The molecule has 2 aromatic rings. The van der Waals surface area contributed by atoms with Crippen molar-refractivity contribution < 1.29 is 0 Å². The maximum absolute atomic E-state index is 6.08. The van der Waals surface area contributed by atoms with Crippen LogP contribution < -0.4 is 0 Å². The number of aromatic nitrogens is 2. The number of benzene rings is 1. The van der Waals surface area contributed by atoms with Gasteiger partial charge in [0.2, 0.25) is 0 Å². The summed E-state index contributed by atoms with van der Waals surface area (Å²) in [5, 5.41) is 1.44. The van der Waals surface area contributed by atoms with Crippen LogP contribution in [0, 0.1) is 0 Å². The number of halogens is 2. The predicted octanol–water partition coefficient (Wildman–Crippen LogP) is 4.00. The molecule has 0 N–H and O–H groups in total. The Balaban J connectivity index is 2.63. The normalized spacial score (nSPS) is 10.9. The summed E-state index contributed by atoms with van der Waals surface area (Å²) in [6.45, 7) is 2.10. The van der Waals surface area contributed by atoms with Crippen LogP contribution in [0.3, 0.4) is 0 Å². The summed E-state index contributed by atoms with van der Waals surface area (Å²) >= 11 is 9.50. The van der Waals surface area contributed by atoms with Crippen LogP contribution in [-0.4, -0.2) is 9.97 Å². The fraction of sp³-hybridized carbons (Fsp3) is 0.273. The zero-order valence-corrected chi connectivity index (χ0v) is 10.6. The van der Waals surface area contributed by atoms with Gasteiger partial charge in [-0.25, -0.2) is 9.97 Å². The Bertz CT molecular complexity index is 499. The van der Waals surface area contributed by atoms with Gasteiger partial charge in [0.15, 0.2) is 0 Å². The van der Waals surface area contributed by atoms with Gasteiger partial charge in [0.05, 0.1) is 5.52 Å². The summed E-state index contributed by atoms with van der Waals surface area (Å²) < 4.78 is 1.01. The van der Waals surface area contributed by atoms with Gasteiger partial charge in [-0.2, -0.15) is 0 Å². The summed E-state index contributed by atoms with van der Waals surface area (Å²) in [6.07, 6.45) is 1.89. The maximum Gasteiger partial charge on any atom is 0.140 e. The van der Waals surface area contributed by atoms with E-state index in [-0.39, 0.29) is 0 Å². The van der Waals surface area contributed by atoms with Gasteiger partial charge in [-0.3, -0.25) is 0 Å². The van der Waals surface area contributed by atoms with Crippen LogP contribution in [0.2, 0.25) is 5.15 Å². The summed E-state index contributed by atoms with van der Waals surface area (Å²) in [5.41, 5.74) is 0.896. The van der Waals surface area contributed by atoms with E-state index in [1.165, 1.54) is 0 Å². The highest BCUT2D eigenvalue weighted by Crippen LogP contribution is 2.23. The van der Waals surface area contributed by atoms with E-state index in [0.29, 0.717) is 5.15 Å². The highest BCUT2D eigenvalue weighted by atomic mass is 79.9. The third kappa shape index (κ3) is 2.29. The van der Waals surface area contributed by atoms with Crippen LogP contribution in [0.5, 0.6) is 0 Å². The molecule has 1 heterocycles. The average molecular weight is 286 g/mol. The van der Waals surface area contributed by atoms with Crippen molar-refractivity contribution in [2.45, 2.75) is 19.8 Å². The monoisotopic (exact) mass is 284 g/mol. The second kappa shape index (κ2) is 4.45. The van der Waals surface area contributed by atoms with Gasteiger partial charge < -0.3 is 0 Å². The van der Waals surface area contributed by atoms with Crippen molar-refractivity contribution in [2.75, 3.05) is 0 Å². The largest absolute Gasteiger partial charge is 0.233 e. The minimum atomic E-state index is 0.538. The van der Waals surface area contributed by atoms with Crippen LogP contribution >= 0.6 is 27.5 Å². The van der Waals surface area contributed by atoms with Gasteiger partial charge in [0.1, 0.15) is 11.0 Å². The molecule has 0 aliphatic carbocycles. The first-order chi connectivity index (χ1) is 7.20. The molecule has 0 aliphatic rings. The zero-order valence-electron chi connectivity index (χ0n) is 8.30. The van der Waals surface area contributed by atoms with Crippen molar-refractivity contribution in [3.8, 4) is 0 Å². The lowest BCUT2D eigenvalue weighted by Gasteiger charge is -2.03. The third-order valence-electron chi connectivity index (χ3n) is 2.13. The SMILES string of the molecule is CCCc1nc(Cl)c2ccc(Br)cc2n1. The summed E-state index contributed by atoms with van der Waals surface area (Å²) in [6, 6.07) is 5.83. The Kier molecular flexibility index (Phi) is 3.22. The summed E-state index contributed by atoms with van der Waals surface area (Å²) in [4.78, 5) is 8.72. The fourth-order valence-electron chi connectivity index (χ4n) is 1.44. The summed E-state index contributed by atoms with van der Waals surface area (Å²) in [5.74, 6) is 0.813. The van der Waals surface area contributed by atoms with Crippen molar-refractivity contribution >= 4 is 38.4 Å². The molecule has 0 aliphatic heterocycles. The van der Waals surface area contributed by atoms with Crippen LogP contribution in [0.15, 0.2) is 22.7 Å². The van der Waals surface area contributed by atoms with E-state index in [1.54, 1.807) is 0 Å². The molecule has 1 aromatic heterocycles. The molecule has 0 fully saturated rings. The van der Waals surface area contributed by atoms with Crippen molar-refractivity contribution in [1.29, 1.82) is 0 Å². The highest BCUT2D eigenvalue weighted by Gasteiger charge is 2.05. The van der Waals surface area contributed by atoms with Gasteiger partial charge >= 0.3 is 0 Å². The molecule has 0 saturated carbocycles. The van der Waals surface area contributed by atoms with Crippen molar-refractivity contribution in [3.05, 3.63) is 33.6 Å². The molecule has 0 amide bonds. The smallest absolute Gasteiger partial charge is 0.140 e. The lowest BCUT2D eigenvalue weighted by molar-refractivity contribution is 0.844. The molecule has 1 aromatic carbocycles. The first-order valence-electron chi connectivity index (χ1n) is 4.82. The lowest BCUT2D eigenvalue weighted by Crippen LogP contribution is -1.95. The van der Waals surface area contributed by atoms with Crippen molar-refractivity contribution in [2.24, 2.45) is 0 Å². The minimum Gasteiger partial charge on any atom is -0.233 e. The van der Waals surface area contributed by atoms with E-state index in [0.717, 1.165) is 34.0 Å². The van der Waals surface area contributed by atoms with Gasteiger partial charge in [-0.1, -0.05) is 34.5 Å². The predicted molar refractivity (Wildman–Crippen MR) is 66.2 cm³/mol. The number of hydrogen-bond donors (Lipinski definition) is 0. The van der Waals surface area contributed by atoms with E-state index < -0.39 is 0 Å². The van der Waals surface area contributed by atoms with Gasteiger partial charge in [-0.05, 0) is 24.6 Å². The molecule has 2 nitrogen and oxygen atoms in total. The molecule has 4 heteroatoms. The fourth-order valence-corrected chi connectivity index (χ4v) is 2.05. The van der Waals surface area contributed by atoms with E-state index in [4.69, 9.17) is 11.6 Å². The number of fused-ring (bicyclic) bond motifs is 1. The van der Waals surface area contributed by atoms with Crippen molar-refractivity contribution in [1.82, 2.24) is 9.97 Å². The first kappa shape index (κ1) is 10.8. The van der Waals surface area contributed by atoms with Crippen LogP contribution in [0.4, 0.5) is 0 Å². The molecule has 0 atom stereocenters. The zero-order chi connectivity index (χ0) is 10.8. The van der Waals surface area contributed by atoms with E-state index in [9.17, 15) is 0 Å². The Morgan fingerprint density at radius 3 is 2.87 bits per heavy atom. The standard InChI is InChI=1S/C11H10BrClN2/c1-2-3-10-14-9-6-7(12)4-5-8(9)11(13)15-10/h4-6H,2-3H2,1H3. The molecule has 0 spiro atoms. The second-order valence-corrected chi connectivity index (χ2v) is 4.62.